The van der Waals surface area contributed by atoms with Crippen molar-refractivity contribution in [2.24, 2.45) is 0 Å². The molecular formula is C25H32O5. The third-order valence-electron chi connectivity index (χ3n) is 4.59. The minimum absolute atomic E-state index is 0.0682. The van der Waals surface area contributed by atoms with Crippen LogP contribution in [0.3, 0.4) is 0 Å². The molecule has 2 rings (SSSR count). The molecule has 0 aliphatic carbocycles. The summed E-state index contributed by atoms with van der Waals surface area (Å²) in [4.78, 5) is 23.8. The predicted octanol–water partition coefficient (Wildman–Crippen LogP) is 6.20. The van der Waals surface area contributed by atoms with Crippen LogP contribution < -0.4 is 4.74 Å². The minimum atomic E-state index is -0.326. The number of unbranched alkanes of at least 4 members (excludes halogenated alkanes) is 2. The van der Waals surface area contributed by atoms with Crippen LogP contribution in [-0.4, -0.2) is 18.0 Å². The average molecular weight is 413 g/mol. The number of carbonyl (C=O) groups is 2. The van der Waals surface area contributed by atoms with Crippen LogP contribution in [0.4, 0.5) is 0 Å². The summed E-state index contributed by atoms with van der Waals surface area (Å²) in [6, 6.07) is 16.9. The Kier molecular flexibility index (Phi) is 10.5. The number of hydrogen-bond donors (Lipinski definition) is 0. The van der Waals surface area contributed by atoms with Crippen molar-refractivity contribution < 1.29 is 23.8 Å². The Hall–Kier alpha value is -2.82. The fraction of sp³-hybridized carbons (Fsp3) is 0.440. The maximum atomic E-state index is 12.0. The van der Waals surface area contributed by atoms with E-state index in [1.165, 1.54) is 0 Å². The quantitative estimate of drug-likeness (QED) is 0.289. The Morgan fingerprint density at radius 3 is 2.37 bits per heavy atom. The van der Waals surface area contributed by atoms with Gasteiger partial charge >= 0.3 is 11.9 Å². The second kappa shape index (κ2) is 13.4. The second-order valence-corrected chi connectivity index (χ2v) is 7.37. The van der Waals surface area contributed by atoms with Gasteiger partial charge in [-0.1, -0.05) is 50.1 Å². The van der Waals surface area contributed by atoms with Crippen LogP contribution in [0, 0.1) is 0 Å². The van der Waals surface area contributed by atoms with E-state index < -0.39 is 0 Å². The standard InChI is InChI=1S/C25H32O5/c1-3-4-6-11-20(2)29-25(27)17-10-16-24(26)28-19-21-12-9-15-23(18-21)30-22-13-7-5-8-14-22/h5,7-9,12-15,18,20H,3-4,6,10-11,16-17,19H2,1-2H3. The molecular weight excluding hydrogens is 380 g/mol. The largest absolute Gasteiger partial charge is 0.463 e. The summed E-state index contributed by atoms with van der Waals surface area (Å²) in [6.07, 6.45) is 5.02. The summed E-state index contributed by atoms with van der Waals surface area (Å²) in [5, 5.41) is 0. The normalized spacial score (nSPS) is 11.5. The maximum absolute atomic E-state index is 12.0. The number of ether oxygens (including phenoxy) is 3. The molecule has 0 fully saturated rings. The van der Waals surface area contributed by atoms with Gasteiger partial charge in [-0.25, -0.2) is 0 Å². The molecule has 0 aliphatic rings. The number of carbonyl (C=O) groups excluding carboxylic acids is 2. The van der Waals surface area contributed by atoms with E-state index in [-0.39, 0.29) is 37.5 Å². The maximum Gasteiger partial charge on any atom is 0.306 e. The first kappa shape index (κ1) is 23.5. The lowest BCUT2D eigenvalue weighted by Crippen LogP contribution is -2.15. The minimum Gasteiger partial charge on any atom is -0.463 e. The highest BCUT2D eigenvalue weighted by molar-refractivity contribution is 5.72. The van der Waals surface area contributed by atoms with Crippen LogP contribution in [0.25, 0.3) is 0 Å². The van der Waals surface area contributed by atoms with E-state index in [1.807, 2.05) is 61.5 Å². The monoisotopic (exact) mass is 412 g/mol. The van der Waals surface area contributed by atoms with E-state index in [2.05, 4.69) is 6.92 Å². The number of rotatable bonds is 13. The fourth-order valence-corrected chi connectivity index (χ4v) is 2.96. The van der Waals surface area contributed by atoms with Crippen molar-refractivity contribution in [3.05, 3.63) is 60.2 Å². The zero-order chi connectivity index (χ0) is 21.6. The molecule has 0 bridgehead atoms. The molecule has 0 heterocycles. The lowest BCUT2D eigenvalue weighted by Gasteiger charge is -2.12. The summed E-state index contributed by atoms with van der Waals surface area (Å²) < 4.78 is 16.5. The molecule has 2 aromatic carbocycles. The average Bonchev–Trinajstić information content (AvgIpc) is 2.73. The van der Waals surface area contributed by atoms with Gasteiger partial charge in [-0.05, 0) is 56.0 Å². The van der Waals surface area contributed by atoms with Gasteiger partial charge in [0.1, 0.15) is 18.1 Å². The van der Waals surface area contributed by atoms with Crippen molar-refractivity contribution in [2.45, 2.75) is 71.5 Å². The topological polar surface area (TPSA) is 61.8 Å². The molecule has 5 heteroatoms. The van der Waals surface area contributed by atoms with Crippen LogP contribution in [0.15, 0.2) is 54.6 Å². The summed E-state index contributed by atoms with van der Waals surface area (Å²) in [6.45, 7) is 4.23. The van der Waals surface area contributed by atoms with Gasteiger partial charge in [-0.15, -0.1) is 0 Å². The van der Waals surface area contributed by atoms with Crippen LogP contribution in [0.2, 0.25) is 0 Å². The fourth-order valence-electron chi connectivity index (χ4n) is 2.96. The van der Waals surface area contributed by atoms with Gasteiger partial charge in [0.25, 0.3) is 0 Å². The molecule has 1 atom stereocenters. The van der Waals surface area contributed by atoms with Gasteiger partial charge in [0, 0.05) is 12.8 Å². The first-order valence-corrected chi connectivity index (χ1v) is 10.7. The SMILES string of the molecule is CCCCCC(C)OC(=O)CCCC(=O)OCc1cccc(Oc2ccccc2)c1. The summed E-state index contributed by atoms with van der Waals surface area (Å²) in [5.74, 6) is 0.856. The highest BCUT2D eigenvalue weighted by Gasteiger charge is 2.11. The molecule has 1 unspecified atom stereocenters. The number of hydrogen-bond acceptors (Lipinski definition) is 5. The highest BCUT2D eigenvalue weighted by atomic mass is 16.5. The molecule has 0 saturated carbocycles. The highest BCUT2D eigenvalue weighted by Crippen LogP contribution is 2.22. The van der Waals surface area contributed by atoms with E-state index in [0.717, 1.165) is 37.0 Å². The van der Waals surface area contributed by atoms with E-state index >= 15 is 0 Å². The Morgan fingerprint density at radius 1 is 0.867 bits per heavy atom. The smallest absolute Gasteiger partial charge is 0.306 e. The second-order valence-electron chi connectivity index (χ2n) is 7.37. The predicted molar refractivity (Wildman–Crippen MR) is 116 cm³/mol. The lowest BCUT2D eigenvalue weighted by atomic mass is 10.1. The van der Waals surface area contributed by atoms with Gasteiger partial charge in [0.15, 0.2) is 0 Å². The first-order valence-electron chi connectivity index (χ1n) is 10.7. The lowest BCUT2D eigenvalue weighted by molar-refractivity contribution is -0.149. The van der Waals surface area contributed by atoms with Gasteiger partial charge in [-0.2, -0.15) is 0 Å². The molecule has 162 valence electrons. The van der Waals surface area contributed by atoms with Crippen molar-refractivity contribution in [2.75, 3.05) is 0 Å². The van der Waals surface area contributed by atoms with E-state index in [4.69, 9.17) is 14.2 Å². The summed E-state index contributed by atoms with van der Waals surface area (Å²) in [7, 11) is 0. The molecule has 0 aromatic heterocycles. The van der Waals surface area contributed by atoms with Gasteiger partial charge in [0.2, 0.25) is 0 Å². The molecule has 30 heavy (non-hydrogen) atoms. The molecule has 0 aliphatic heterocycles. The molecule has 0 N–H and O–H groups in total. The van der Waals surface area contributed by atoms with Crippen LogP contribution in [0.1, 0.15) is 64.4 Å². The molecule has 0 amide bonds. The summed E-state index contributed by atoms with van der Waals surface area (Å²) in [5.41, 5.74) is 0.845. The number of esters is 2. The zero-order valence-corrected chi connectivity index (χ0v) is 18.0. The molecule has 2 aromatic rings. The van der Waals surface area contributed by atoms with Crippen LogP contribution in [-0.2, 0) is 25.7 Å². The molecule has 0 spiro atoms. The van der Waals surface area contributed by atoms with Crippen molar-refractivity contribution in [3.8, 4) is 11.5 Å². The van der Waals surface area contributed by atoms with Crippen molar-refractivity contribution in [1.29, 1.82) is 0 Å². The van der Waals surface area contributed by atoms with Crippen molar-refractivity contribution >= 4 is 11.9 Å². The molecule has 0 radical (unpaired) electrons. The van der Waals surface area contributed by atoms with Gasteiger partial charge in [-0.3, -0.25) is 9.59 Å². The zero-order valence-electron chi connectivity index (χ0n) is 18.0. The molecule has 0 saturated heterocycles. The Bertz CT molecular complexity index is 772. The Labute approximate surface area is 179 Å². The molecule has 5 nitrogen and oxygen atoms in total. The Morgan fingerprint density at radius 2 is 1.60 bits per heavy atom. The van der Waals surface area contributed by atoms with Crippen LogP contribution in [0.5, 0.6) is 11.5 Å². The van der Waals surface area contributed by atoms with E-state index in [0.29, 0.717) is 12.2 Å². The van der Waals surface area contributed by atoms with E-state index in [1.54, 1.807) is 0 Å². The number of para-hydroxylation sites is 1. The van der Waals surface area contributed by atoms with Crippen LogP contribution >= 0.6 is 0 Å². The van der Waals surface area contributed by atoms with E-state index in [9.17, 15) is 9.59 Å². The Balaban J connectivity index is 1.65. The van der Waals surface area contributed by atoms with Crippen molar-refractivity contribution in [3.63, 3.8) is 0 Å². The first-order chi connectivity index (χ1) is 14.6. The summed E-state index contributed by atoms with van der Waals surface area (Å²) >= 11 is 0. The van der Waals surface area contributed by atoms with Crippen molar-refractivity contribution in [1.82, 2.24) is 0 Å². The third-order valence-corrected chi connectivity index (χ3v) is 4.59. The van der Waals surface area contributed by atoms with Gasteiger partial charge < -0.3 is 14.2 Å². The number of benzene rings is 2. The van der Waals surface area contributed by atoms with Gasteiger partial charge in [0.05, 0.1) is 6.10 Å². The third kappa shape index (κ3) is 9.59.